The summed E-state index contributed by atoms with van der Waals surface area (Å²) in [4.78, 5) is 31.7. The fourth-order valence-electron chi connectivity index (χ4n) is 1.51. The van der Waals surface area contributed by atoms with Gasteiger partial charge in [-0.1, -0.05) is 6.92 Å². The zero-order chi connectivity index (χ0) is 13.7. The van der Waals surface area contributed by atoms with Gasteiger partial charge in [0.1, 0.15) is 0 Å². The first-order valence-corrected chi connectivity index (χ1v) is 5.55. The average molecular weight is 252 g/mol. The van der Waals surface area contributed by atoms with Crippen molar-refractivity contribution in [2.24, 2.45) is 11.7 Å². The maximum Gasteiger partial charge on any atom is 0.308 e. The van der Waals surface area contributed by atoms with Crippen LogP contribution in [0.1, 0.15) is 24.3 Å². The molecule has 1 heterocycles. The number of carbonyl (C=O) groups is 2. The van der Waals surface area contributed by atoms with Gasteiger partial charge in [-0.15, -0.1) is 0 Å². The number of nitrogens with zero attached hydrogens (tertiary/aromatic N) is 3. The third-order valence-corrected chi connectivity index (χ3v) is 2.51. The highest BCUT2D eigenvalue weighted by atomic mass is 16.4. The van der Waals surface area contributed by atoms with Crippen LogP contribution < -0.4 is 10.6 Å². The zero-order valence-electron chi connectivity index (χ0n) is 10.3. The number of aliphatic carboxylic acids is 1. The number of hydrogen-bond acceptors (Lipinski definition) is 5. The van der Waals surface area contributed by atoms with Crippen molar-refractivity contribution in [2.75, 3.05) is 18.0 Å². The van der Waals surface area contributed by atoms with Crippen molar-refractivity contribution in [2.45, 2.75) is 13.8 Å². The Hall–Kier alpha value is -2.18. The Balaban J connectivity index is 3.02. The highest BCUT2D eigenvalue weighted by molar-refractivity contribution is 5.95. The quantitative estimate of drug-likeness (QED) is 0.744. The van der Waals surface area contributed by atoms with E-state index in [0.717, 1.165) is 0 Å². The van der Waals surface area contributed by atoms with Gasteiger partial charge in [-0.3, -0.25) is 9.59 Å². The molecule has 1 atom stereocenters. The van der Waals surface area contributed by atoms with Crippen LogP contribution in [0.3, 0.4) is 0 Å². The lowest BCUT2D eigenvalue weighted by Crippen LogP contribution is -2.34. The number of anilines is 1. The minimum atomic E-state index is -0.905. The zero-order valence-corrected chi connectivity index (χ0v) is 10.3. The molecule has 0 radical (unpaired) electrons. The molecule has 1 aromatic heterocycles. The minimum absolute atomic E-state index is 0.0527. The third kappa shape index (κ3) is 3.16. The van der Waals surface area contributed by atoms with E-state index in [-0.39, 0.29) is 12.2 Å². The van der Waals surface area contributed by atoms with Gasteiger partial charge in [-0.05, 0) is 6.92 Å². The van der Waals surface area contributed by atoms with Crippen LogP contribution in [0.2, 0.25) is 0 Å². The van der Waals surface area contributed by atoms with E-state index >= 15 is 0 Å². The second-order valence-corrected chi connectivity index (χ2v) is 3.87. The van der Waals surface area contributed by atoms with Gasteiger partial charge >= 0.3 is 5.97 Å². The van der Waals surface area contributed by atoms with Gasteiger partial charge in [0.2, 0.25) is 0 Å². The number of hydrogen-bond donors (Lipinski definition) is 2. The molecular formula is C11H16N4O3. The summed E-state index contributed by atoms with van der Waals surface area (Å²) in [6.07, 6.45) is 2.81. The van der Waals surface area contributed by atoms with Crippen LogP contribution in [0.4, 0.5) is 5.82 Å². The van der Waals surface area contributed by atoms with Gasteiger partial charge in [0.15, 0.2) is 11.5 Å². The predicted octanol–water partition coefficient (Wildman–Crippen LogP) is 0.122. The summed E-state index contributed by atoms with van der Waals surface area (Å²) < 4.78 is 0. The topological polar surface area (TPSA) is 109 Å². The molecule has 0 spiro atoms. The van der Waals surface area contributed by atoms with Crippen LogP contribution in [0.15, 0.2) is 12.4 Å². The Morgan fingerprint density at radius 2 is 2.06 bits per heavy atom. The molecule has 1 rings (SSSR count). The van der Waals surface area contributed by atoms with Gasteiger partial charge in [0.25, 0.3) is 5.91 Å². The Morgan fingerprint density at radius 1 is 1.44 bits per heavy atom. The summed E-state index contributed by atoms with van der Waals surface area (Å²) in [6, 6.07) is 0. The molecule has 0 saturated carbocycles. The fraction of sp³-hybridized carbons (Fsp3) is 0.455. The van der Waals surface area contributed by atoms with Crippen molar-refractivity contribution in [1.29, 1.82) is 0 Å². The minimum Gasteiger partial charge on any atom is -0.481 e. The summed E-state index contributed by atoms with van der Waals surface area (Å²) in [5, 5.41) is 8.90. The number of primary amides is 1. The van der Waals surface area contributed by atoms with Crippen molar-refractivity contribution in [3.8, 4) is 0 Å². The third-order valence-electron chi connectivity index (χ3n) is 2.51. The Kier molecular flexibility index (Phi) is 4.59. The van der Waals surface area contributed by atoms with Crippen molar-refractivity contribution in [1.82, 2.24) is 9.97 Å². The molecule has 3 N–H and O–H groups in total. The molecule has 98 valence electrons. The fourth-order valence-corrected chi connectivity index (χ4v) is 1.51. The number of aromatic nitrogens is 2. The summed E-state index contributed by atoms with van der Waals surface area (Å²) in [7, 11) is 0. The smallest absolute Gasteiger partial charge is 0.308 e. The van der Waals surface area contributed by atoms with E-state index in [0.29, 0.717) is 12.4 Å². The largest absolute Gasteiger partial charge is 0.481 e. The van der Waals surface area contributed by atoms with Crippen LogP contribution in [0.5, 0.6) is 0 Å². The maximum absolute atomic E-state index is 11.2. The van der Waals surface area contributed by atoms with E-state index in [4.69, 9.17) is 10.8 Å². The Bertz CT molecular complexity index is 450. The van der Waals surface area contributed by atoms with E-state index in [1.807, 2.05) is 6.92 Å². The van der Waals surface area contributed by atoms with Gasteiger partial charge in [0.05, 0.1) is 5.92 Å². The first kappa shape index (κ1) is 13.9. The van der Waals surface area contributed by atoms with E-state index in [1.54, 1.807) is 11.8 Å². The van der Waals surface area contributed by atoms with Gasteiger partial charge in [-0.25, -0.2) is 9.97 Å². The van der Waals surface area contributed by atoms with E-state index in [2.05, 4.69) is 9.97 Å². The monoisotopic (exact) mass is 252 g/mol. The highest BCUT2D eigenvalue weighted by Crippen LogP contribution is 2.15. The molecule has 1 aromatic rings. The number of carboxylic acid groups (broad SMARTS) is 1. The molecule has 0 aromatic carbocycles. The summed E-state index contributed by atoms with van der Waals surface area (Å²) in [5.41, 5.74) is 5.27. The predicted molar refractivity (Wildman–Crippen MR) is 65.2 cm³/mol. The van der Waals surface area contributed by atoms with Crippen LogP contribution in [-0.2, 0) is 4.79 Å². The van der Waals surface area contributed by atoms with Crippen molar-refractivity contribution in [3.05, 3.63) is 18.1 Å². The molecular weight excluding hydrogens is 236 g/mol. The highest BCUT2D eigenvalue weighted by Gasteiger charge is 2.20. The number of carboxylic acids is 1. The molecule has 0 bridgehead atoms. The van der Waals surface area contributed by atoms with Crippen molar-refractivity contribution < 1.29 is 14.7 Å². The molecule has 0 aliphatic rings. The summed E-state index contributed by atoms with van der Waals surface area (Å²) in [6.45, 7) is 4.18. The van der Waals surface area contributed by atoms with Crippen molar-refractivity contribution in [3.63, 3.8) is 0 Å². The van der Waals surface area contributed by atoms with E-state index < -0.39 is 17.8 Å². The molecule has 1 amide bonds. The normalized spacial score (nSPS) is 11.9. The number of nitrogens with two attached hydrogens (primary N) is 1. The molecule has 7 nitrogen and oxygen atoms in total. The first-order valence-electron chi connectivity index (χ1n) is 5.55. The summed E-state index contributed by atoms with van der Waals surface area (Å²) in [5.74, 6) is -1.84. The molecule has 18 heavy (non-hydrogen) atoms. The molecule has 0 fully saturated rings. The van der Waals surface area contributed by atoms with Gasteiger partial charge in [-0.2, -0.15) is 0 Å². The number of carbonyl (C=O) groups excluding carboxylic acids is 1. The van der Waals surface area contributed by atoms with Gasteiger partial charge < -0.3 is 15.7 Å². The number of rotatable bonds is 6. The van der Waals surface area contributed by atoms with Gasteiger partial charge in [0, 0.05) is 25.5 Å². The summed E-state index contributed by atoms with van der Waals surface area (Å²) >= 11 is 0. The molecule has 0 aliphatic heterocycles. The first-order chi connectivity index (χ1) is 8.47. The Morgan fingerprint density at radius 3 is 2.56 bits per heavy atom. The Labute approximate surface area is 105 Å². The standard InChI is InChI=1S/C11H16N4O3/c1-3-15(6-7(2)11(17)18)10-8(9(12)16)13-4-5-14-10/h4-5,7H,3,6H2,1-2H3,(H2,12,16)(H,17,18). The second kappa shape index (κ2) is 5.95. The lowest BCUT2D eigenvalue weighted by Gasteiger charge is -2.24. The van der Waals surface area contributed by atoms with Crippen LogP contribution >= 0.6 is 0 Å². The lowest BCUT2D eigenvalue weighted by molar-refractivity contribution is -0.140. The SMILES string of the molecule is CCN(CC(C)C(=O)O)c1nccnc1C(N)=O. The molecule has 1 unspecified atom stereocenters. The van der Waals surface area contributed by atoms with Crippen LogP contribution in [0, 0.1) is 5.92 Å². The van der Waals surface area contributed by atoms with E-state index in [9.17, 15) is 9.59 Å². The number of amides is 1. The molecule has 0 aliphatic carbocycles. The second-order valence-electron chi connectivity index (χ2n) is 3.87. The molecule has 7 heteroatoms. The van der Waals surface area contributed by atoms with Crippen LogP contribution in [0.25, 0.3) is 0 Å². The van der Waals surface area contributed by atoms with Crippen LogP contribution in [-0.4, -0.2) is 40.0 Å². The molecule has 0 saturated heterocycles. The van der Waals surface area contributed by atoms with E-state index in [1.165, 1.54) is 12.4 Å². The maximum atomic E-state index is 11.2. The average Bonchev–Trinajstić information content (AvgIpc) is 2.35. The lowest BCUT2D eigenvalue weighted by atomic mass is 10.1. The van der Waals surface area contributed by atoms with Crippen molar-refractivity contribution >= 4 is 17.7 Å².